The van der Waals surface area contributed by atoms with Crippen molar-refractivity contribution in [3.05, 3.63) is 35.9 Å². The molecule has 3 nitrogen and oxygen atoms in total. The van der Waals surface area contributed by atoms with Crippen molar-refractivity contribution in [2.24, 2.45) is 0 Å². The first-order chi connectivity index (χ1) is 7.22. The number of carbonyl (C=O) groups is 1. The van der Waals surface area contributed by atoms with Gasteiger partial charge in [-0.2, -0.15) is 0 Å². The Labute approximate surface area is 90.0 Å². The van der Waals surface area contributed by atoms with Gasteiger partial charge in [-0.3, -0.25) is 4.79 Å². The third-order valence-electron chi connectivity index (χ3n) is 2.07. The highest BCUT2D eigenvalue weighted by Gasteiger charge is 2.06. The van der Waals surface area contributed by atoms with Crippen LogP contribution in [0.2, 0.25) is 0 Å². The molecule has 0 saturated heterocycles. The van der Waals surface area contributed by atoms with Crippen LogP contribution in [0.4, 0.5) is 0 Å². The lowest BCUT2D eigenvalue weighted by Crippen LogP contribution is -2.18. The van der Waals surface area contributed by atoms with Crippen LogP contribution in [0.15, 0.2) is 30.3 Å². The molecule has 15 heavy (non-hydrogen) atoms. The van der Waals surface area contributed by atoms with E-state index in [9.17, 15) is 4.79 Å². The van der Waals surface area contributed by atoms with Gasteiger partial charge in [-0.1, -0.05) is 30.3 Å². The summed E-state index contributed by atoms with van der Waals surface area (Å²) in [5.41, 5.74) is 0.965. The van der Waals surface area contributed by atoms with E-state index in [1.54, 1.807) is 7.11 Å². The molecule has 1 rings (SSSR count). The van der Waals surface area contributed by atoms with E-state index in [-0.39, 0.29) is 12.1 Å². The molecule has 0 aliphatic rings. The van der Waals surface area contributed by atoms with Gasteiger partial charge in [0.1, 0.15) is 6.61 Å². The Hall–Kier alpha value is -1.35. The predicted octanol–water partition coefficient (Wildman–Crippen LogP) is 1.81. The van der Waals surface area contributed by atoms with Gasteiger partial charge >= 0.3 is 5.97 Å². The Balaban J connectivity index is 2.31. The molecule has 1 unspecified atom stereocenters. The molecule has 82 valence electrons. The molecule has 0 heterocycles. The molecule has 0 radical (unpaired) electrons. The first-order valence-electron chi connectivity index (χ1n) is 4.94. The van der Waals surface area contributed by atoms with Crippen LogP contribution in [0.5, 0.6) is 0 Å². The zero-order valence-corrected chi connectivity index (χ0v) is 9.10. The fourth-order valence-electron chi connectivity index (χ4n) is 1.09. The molecule has 0 amide bonds. The predicted molar refractivity (Wildman–Crippen MR) is 57.6 cm³/mol. The van der Waals surface area contributed by atoms with Crippen molar-refractivity contribution >= 4 is 5.97 Å². The van der Waals surface area contributed by atoms with Gasteiger partial charge < -0.3 is 9.47 Å². The van der Waals surface area contributed by atoms with Crippen LogP contribution in [-0.4, -0.2) is 25.8 Å². The Bertz CT molecular complexity index is 295. The monoisotopic (exact) mass is 208 g/mol. The lowest BCUT2D eigenvalue weighted by Gasteiger charge is -2.09. The van der Waals surface area contributed by atoms with Crippen molar-refractivity contribution in [1.82, 2.24) is 0 Å². The lowest BCUT2D eigenvalue weighted by molar-refractivity contribution is -0.146. The van der Waals surface area contributed by atoms with Crippen molar-refractivity contribution in [2.45, 2.75) is 19.4 Å². The van der Waals surface area contributed by atoms with Crippen molar-refractivity contribution in [3.8, 4) is 0 Å². The van der Waals surface area contributed by atoms with Crippen molar-refractivity contribution in [3.63, 3.8) is 0 Å². The van der Waals surface area contributed by atoms with Crippen LogP contribution >= 0.6 is 0 Å². The maximum atomic E-state index is 11.4. The number of esters is 1. The molecule has 0 saturated carbocycles. The quantitative estimate of drug-likeness (QED) is 0.692. The number of carbonyl (C=O) groups excluding carboxylic acids is 1. The molecule has 0 aromatic heterocycles. The zero-order valence-electron chi connectivity index (χ0n) is 9.10. The average Bonchev–Trinajstić information content (AvgIpc) is 2.27. The topological polar surface area (TPSA) is 35.5 Å². The van der Waals surface area contributed by atoms with E-state index in [0.29, 0.717) is 13.0 Å². The van der Waals surface area contributed by atoms with Crippen LogP contribution in [0, 0.1) is 0 Å². The number of benzene rings is 1. The van der Waals surface area contributed by atoms with Crippen molar-refractivity contribution in [1.29, 1.82) is 0 Å². The summed E-state index contributed by atoms with van der Waals surface area (Å²) in [5, 5.41) is 0. The number of hydrogen-bond donors (Lipinski definition) is 0. The number of methoxy groups -OCH3 is 1. The fraction of sp³-hybridized carbons (Fsp3) is 0.417. The standard InChI is InChI=1S/C12H16O3/c1-10(14-2)9-15-12(13)8-11-6-4-3-5-7-11/h3-7,10H,8-9H2,1-2H3. The largest absolute Gasteiger partial charge is 0.463 e. The SMILES string of the molecule is COC(C)COC(=O)Cc1ccccc1. The van der Waals surface area contributed by atoms with Crippen LogP contribution in [0.25, 0.3) is 0 Å². The van der Waals surface area contributed by atoms with E-state index in [1.165, 1.54) is 0 Å². The highest BCUT2D eigenvalue weighted by molar-refractivity contribution is 5.72. The van der Waals surface area contributed by atoms with E-state index in [1.807, 2.05) is 37.3 Å². The van der Waals surface area contributed by atoms with Crippen LogP contribution in [0.1, 0.15) is 12.5 Å². The van der Waals surface area contributed by atoms with Gasteiger partial charge in [-0.15, -0.1) is 0 Å². The number of hydrogen-bond acceptors (Lipinski definition) is 3. The lowest BCUT2D eigenvalue weighted by atomic mass is 10.2. The minimum atomic E-state index is -0.217. The first-order valence-corrected chi connectivity index (χ1v) is 4.94. The van der Waals surface area contributed by atoms with E-state index in [2.05, 4.69) is 0 Å². The summed E-state index contributed by atoms with van der Waals surface area (Å²) >= 11 is 0. The summed E-state index contributed by atoms with van der Waals surface area (Å²) in [7, 11) is 1.59. The average molecular weight is 208 g/mol. The molecule has 1 atom stereocenters. The van der Waals surface area contributed by atoms with Gasteiger partial charge in [0.15, 0.2) is 0 Å². The summed E-state index contributed by atoms with van der Waals surface area (Å²) in [5.74, 6) is -0.217. The second kappa shape index (κ2) is 6.19. The molecule has 0 N–H and O–H groups in total. The molecule has 0 bridgehead atoms. The minimum absolute atomic E-state index is 0.0512. The molecule has 1 aromatic rings. The van der Waals surface area contributed by atoms with E-state index in [0.717, 1.165) is 5.56 Å². The maximum Gasteiger partial charge on any atom is 0.310 e. The van der Waals surface area contributed by atoms with Gasteiger partial charge in [-0.05, 0) is 12.5 Å². The highest BCUT2D eigenvalue weighted by Crippen LogP contribution is 2.01. The van der Waals surface area contributed by atoms with Crippen molar-refractivity contribution in [2.75, 3.05) is 13.7 Å². The molecule has 3 heteroatoms. The van der Waals surface area contributed by atoms with E-state index < -0.39 is 0 Å². The zero-order chi connectivity index (χ0) is 11.1. The van der Waals surface area contributed by atoms with Gasteiger partial charge in [0, 0.05) is 7.11 Å². The summed E-state index contributed by atoms with van der Waals surface area (Å²) in [4.78, 5) is 11.4. The van der Waals surface area contributed by atoms with E-state index in [4.69, 9.17) is 9.47 Å². The van der Waals surface area contributed by atoms with Crippen molar-refractivity contribution < 1.29 is 14.3 Å². The fourth-order valence-corrected chi connectivity index (χ4v) is 1.09. The first kappa shape index (κ1) is 11.7. The second-order valence-corrected chi connectivity index (χ2v) is 3.39. The molecule has 0 spiro atoms. The van der Waals surface area contributed by atoms with Crippen LogP contribution in [-0.2, 0) is 20.7 Å². The third kappa shape index (κ3) is 4.61. The molecule has 0 fully saturated rings. The van der Waals surface area contributed by atoms with Gasteiger partial charge in [0.2, 0.25) is 0 Å². The summed E-state index contributed by atoms with van der Waals surface area (Å²) < 4.78 is 10.0. The smallest absolute Gasteiger partial charge is 0.310 e. The normalized spacial score (nSPS) is 12.1. The van der Waals surface area contributed by atoms with Gasteiger partial charge in [0.25, 0.3) is 0 Å². The van der Waals surface area contributed by atoms with Gasteiger partial charge in [-0.25, -0.2) is 0 Å². The Morgan fingerprint density at radius 1 is 1.33 bits per heavy atom. The van der Waals surface area contributed by atoms with Gasteiger partial charge in [0.05, 0.1) is 12.5 Å². The number of rotatable bonds is 5. The van der Waals surface area contributed by atoms with Crippen LogP contribution in [0.3, 0.4) is 0 Å². The second-order valence-electron chi connectivity index (χ2n) is 3.39. The summed E-state index contributed by atoms with van der Waals surface area (Å²) in [6.07, 6.45) is 0.266. The maximum absolute atomic E-state index is 11.4. The Kier molecular flexibility index (Phi) is 4.84. The molecule has 0 aliphatic carbocycles. The highest BCUT2D eigenvalue weighted by atomic mass is 16.6. The summed E-state index contributed by atoms with van der Waals surface area (Å²) in [6.45, 7) is 2.16. The molecular formula is C12H16O3. The molecule has 1 aromatic carbocycles. The minimum Gasteiger partial charge on any atom is -0.463 e. The molecular weight excluding hydrogens is 192 g/mol. The summed E-state index contributed by atoms with van der Waals surface area (Å²) in [6, 6.07) is 9.53. The Morgan fingerprint density at radius 3 is 2.60 bits per heavy atom. The van der Waals surface area contributed by atoms with Crippen LogP contribution < -0.4 is 0 Å². The van der Waals surface area contributed by atoms with E-state index >= 15 is 0 Å². The Morgan fingerprint density at radius 2 is 2.00 bits per heavy atom. The number of ether oxygens (including phenoxy) is 2. The third-order valence-corrected chi connectivity index (χ3v) is 2.07. The molecule has 0 aliphatic heterocycles.